The van der Waals surface area contributed by atoms with Crippen molar-refractivity contribution in [2.24, 2.45) is 0 Å². The van der Waals surface area contributed by atoms with Gasteiger partial charge in [-0.15, -0.1) is 0 Å². The van der Waals surface area contributed by atoms with Gasteiger partial charge in [0.1, 0.15) is 0 Å². The summed E-state index contributed by atoms with van der Waals surface area (Å²) in [5, 5.41) is 4.30. The zero-order chi connectivity index (χ0) is 13.4. The van der Waals surface area contributed by atoms with Gasteiger partial charge in [0.25, 0.3) is 0 Å². The fourth-order valence-electron chi connectivity index (χ4n) is 1.89. The minimum absolute atomic E-state index is 0.589. The molecule has 0 radical (unpaired) electrons. The van der Waals surface area contributed by atoms with Gasteiger partial charge in [-0.25, -0.2) is 0 Å². The molecule has 1 rings (SSSR count). The Balaban J connectivity index is 2.18. The molecule has 0 saturated carbocycles. The molecule has 1 N–H and O–H groups in total. The van der Waals surface area contributed by atoms with Gasteiger partial charge in [0, 0.05) is 17.6 Å². The summed E-state index contributed by atoms with van der Waals surface area (Å²) in [5.74, 6) is 0. The maximum atomic E-state index is 6.15. The van der Waals surface area contributed by atoms with E-state index < -0.39 is 0 Å². The Morgan fingerprint density at radius 1 is 1.22 bits per heavy atom. The molecule has 0 aliphatic carbocycles. The lowest BCUT2D eigenvalue weighted by Gasteiger charge is -2.17. The minimum atomic E-state index is 0.589. The molecule has 0 heterocycles. The number of nitrogens with one attached hydrogen (secondary N) is 1. The maximum Gasteiger partial charge on any atom is 0.0451 e. The highest BCUT2D eigenvalue weighted by Crippen LogP contribution is 2.16. The summed E-state index contributed by atoms with van der Waals surface area (Å²) in [4.78, 5) is 2.33. The van der Waals surface area contributed by atoms with Crippen molar-refractivity contribution in [2.75, 3.05) is 20.1 Å². The van der Waals surface area contributed by atoms with Crippen molar-refractivity contribution >= 4 is 11.6 Å². The van der Waals surface area contributed by atoms with Crippen LogP contribution in [0.5, 0.6) is 0 Å². The average Bonchev–Trinajstić information content (AvgIpc) is 2.31. The predicted molar refractivity (Wildman–Crippen MR) is 80.2 cm³/mol. The van der Waals surface area contributed by atoms with Gasteiger partial charge < -0.3 is 10.2 Å². The topological polar surface area (TPSA) is 15.3 Å². The van der Waals surface area contributed by atoms with Gasteiger partial charge >= 0.3 is 0 Å². The summed E-state index contributed by atoms with van der Waals surface area (Å²) in [6.45, 7) is 7.52. The first-order valence-corrected chi connectivity index (χ1v) is 7.12. The van der Waals surface area contributed by atoms with E-state index in [1.165, 1.54) is 18.4 Å². The molecule has 2 nitrogen and oxygen atoms in total. The van der Waals surface area contributed by atoms with Crippen molar-refractivity contribution in [1.82, 2.24) is 10.2 Å². The second kappa shape index (κ2) is 8.52. The molecular weight excluding hydrogens is 244 g/mol. The zero-order valence-electron chi connectivity index (χ0n) is 11.7. The minimum Gasteiger partial charge on any atom is -0.315 e. The van der Waals surface area contributed by atoms with Gasteiger partial charge in [-0.2, -0.15) is 0 Å². The molecule has 0 bridgehead atoms. The van der Waals surface area contributed by atoms with Crippen LogP contribution < -0.4 is 5.32 Å². The lowest BCUT2D eigenvalue weighted by Crippen LogP contribution is -2.25. The summed E-state index contributed by atoms with van der Waals surface area (Å²) < 4.78 is 0. The predicted octanol–water partition coefficient (Wildman–Crippen LogP) is 3.55. The summed E-state index contributed by atoms with van der Waals surface area (Å²) in [6.07, 6.45) is 2.45. The molecule has 18 heavy (non-hydrogen) atoms. The summed E-state index contributed by atoms with van der Waals surface area (Å²) >= 11 is 6.15. The molecule has 3 heteroatoms. The van der Waals surface area contributed by atoms with Crippen molar-refractivity contribution in [3.63, 3.8) is 0 Å². The monoisotopic (exact) mass is 268 g/mol. The van der Waals surface area contributed by atoms with Crippen molar-refractivity contribution in [3.05, 3.63) is 34.9 Å². The van der Waals surface area contributed by atoms with Crippen LogP contribution in [0.15, 0.2) is 24.3 Å². The molecular formula is C15H25ClN2. The Bertz CT molecular complexity index is 339. The summed E-state index contributed by atoms with van der Waals surface area (Å²) in [6, 6.07) is 8.66. The average molecular weight is 269 g/mol. The second-order valence-corrected chi connectivity index (χ2v) is 5.55. The molecule has 1 aromatic carbocycles. The van der Waals surface area contributed by atoms with E-state index in [4.69, 9.17) is 11.6 Å². The third-order valence-corrected chi connectivity index (χ3v) is 3.29. The molecule has 0 atom stereocenters. The standard InChI is InChI=1S/C15H25ClN2/c1-13(2)17-10-6-7-11-18(3)12-14-8-4-5-9-15(14)16/h4-5,8-9,13,17H,6-7,10-12H2,1-3H3. The van der Waals surface area contributed by atoms with E-state index in [9.17, 15) is 0 Å². The Morgan fingerprint density at radius 3 is 2.61 bits per heavy atom. The van der Waals surface area contributed by atoms with Crippen LogP contribution >= 0.6 is 11.6 Å². The Morgan fingerprint density at radius 2 is 1.94 bits per heavy atom. The van der Waals surface area contributed by atoms with E-state index in [1.807, 2.05) is 18.2 Å². The molecule has 1 aromatic rings. The van der Waals surface area contributed by atoms with Gasteiger partial charge in [0.05, 0.1) is 0 Å². The van der Waals surface area contributed by atoms with Gasteiger partial charge in [0.15, 0.2) is 0 Å². The molecule has 0 spiro atoms. The molecule has 0 fully saturated rings. The largest absolute Gasteiger partial charge is 0.315 e. The van der Waals surface area contributed by atoms with Crippen LogP contribution in [0.2, 0.25) is 5.02 Å². The molecule has 0 saturated heterocycles. The van der Waals surface area contributed by atoms with Crippen LogP contribution in [-0.2, 0) is 6.54 Å². The highest BCUT2D eigenvalue weighted by atomic mass is 35.5. The summed E-state index contributed by atoms with van der Waals surface area (Å²) in [5.41, 5.74) is 1.21. The van der Waals surface area contributed by atoms with Crippen molar-refractivity contribution in [3.8, 4) is 0 Å². The van der Waals surface area contributed by atoms with Crippen LogP contribution in [0.3, 0.4) is 0 Å². The van der Waals surface area contributed by atoms with Crippen molar-refractivity contribution < 1.29 is 0 Å². The van der Waals surface area contributed by atoms with Crippen LogP contribution in [0.1, 0.15) is 32.3 Å². The smallest absolute Gasteiger partial charge is 0.0451 e. The molecule has 0 unspecified atom stereocenters. The number of hydrogen-bond donors (Lipinski definition) is 1. The van der Waals surface area contributed by atoms with Gasteiger partial charge in [-0.3, -0.25) is 0 Å². The molecule has 0 aliphatic heterocycles. The second-order valence-electron chi connectivity index (χ2n) is 5.15. The van der Waals surface area contributed by atoms with Crippen LogP contribution in [0.4, 0.5) is 0 Å². The SMILES string of the molecule is CC(C)NCCCCN(C)Cc1ccccc1Cl. The number of halogens is 1. The number of unbranched alkanes of at least 4 members (excludes halogenated alkanes) is 1. The van der Waals surface area contributed by atoms with E-state index in [1.54, 1.807) is 0 Å². The van der Waals surface area contributed by atoms with E-state index in [0.29, 0.717) is 6.04 Å². The lowest BCUT2D eigenvalue weighted by atomic mass is 10.2. The fraction of sp³-hybridized carbons (Fsp3) is 0.600. The highest BCUT2D eigenvalue weighted by Gasteiger charge is 2.03. The molecule has 0 amide bonds. The van der Waals surface area contributed by atoms with Crippen molar-refractivity contribution in [2.45, 2.75) is 39.3 Å². The quantitative estimate of drug-likeness (QED) is 0.726. The van der Waals surface area contributed by atoms with E-state index in [0.717, 1.165) is 24.7 Å². The molecule has 0 aliphatic rings. The van der Waals surface area contributed by atoms with Crippen LogP contribution in [-0.4, -0.2) is 31.1 Å². The first-order chi connectivity index (χ1) is 8.59. The number of rotatable bonds is 8. The highest BCUT2D eigenvalue weighted by molar-refractivity contribution is 6.31. The third-order valence-electron chi connectivity index (χ3n) is 2.92. The maximum absolute atomic E-state index is 6.15. The van der Waals surface area contributed by atoms with E-state index in [-0.39, 0.29) is 0 Å². The van der Waals surface area contributed by atoms with Gasteiger partial charge in [-0.1, -0.05) is 43.6 Å². The van der Waals surface area contributed by atoms with E-state index >= 15 is 0 Å². The van der Waals surface area contributed by atoms with Gasteiger partial charge in [0.2, 0.25) is 0 Å². The van der Waals surface area contributed by atoms with Gasteiger partial charge in [-0.05, 0) is 44.6 Å². The normalized spacial score (nSPS) is 11.4. The molecule has 102 valence electrons. The number of hydrogen-bond acceptors (Lipinski definition) is 2. The third kappa shape index (κ3) is 6.39. The fourth-order valence-corrected chi connectivity index (χ4v) is 2.09. The van der Waals surface area contributed by atoms with Crippen molar-refractivity contribution in [1.29, 1.82) is 0 Å². The first-order valence-electron chi connectivity index (χ1n) is 6.75. The molecule has 0 aromatic heterocycles. The van der Waals surface area contributed by atoms with E-state index in [2.05, 4.69) is 37.2 Å². The number of benzene rings is 1. The number of nitrogens with zero attached hydrogens (tertiary/aromatic N) is 1. The summed E-state index contributed by atoms with van der Waals surface area (Å²) in [7, 11) is 2.15. The Labute approximate surface area is 116 Å². The van der Waals surface area contributed by atoms with Crippen LogP contribution in [0, 0.1) is 0 Å². The Hall–Kier alpha value is -0.570. The zero-order valence-corrected chi connectivity index (χ0v) is 12.5. The Kier molecular flexibility index (Phi) is 7.33. The lowest BCUT2D eigenvalue weighted by molar-refractivity contribution is 0.317. The first kappa shape index (κ1) is 15.5. The van der Waals surface area contributed by atoms with Crippen LogP contribution in [0.25, 0.3) is 0 Å².